The number of carboxylic acids is 3. The average Bonchev–Trinajstić information content (AvgIpc) is 2.15. The molecule has 0 spiro atoms. The van der Waals surface area contributed by atoms with Crippen molar-refractivity contribution < 1.29 is 39.9 Å². The monoisotopic (exact) mass is 284 g/mol. The Balaban J connectivity index is -0.0000000825. The van der Waals surface area contributed by atoms with Crippen molar-refractivity contribution in [3.05, 3.63) is 0 Å². The number of rotatable bonds is 2. The molecule has 0 bridgehead atoms. The van der Waals surface area contributed by atoms with Gasteiger partial charge in [0.25, 0.3) is 17.9 Å². The van der Waals surface area contributed by atoms with Crippen LogP contribution in [-0.4, -0.2) is 56.7 Å². The second-order valence-electron chi connectivity index (χ2n) is 4.04. The van der Waals surface area contributed by atoms with Crippen LogP contribution in [0.25, 0.3) is 0 Å². The number of carboxylic acid groups (broad SMARTS) is 3. The van der Waals surface area contributed by atoms with Gasteiger partial charge in [-0.25, -0.2) is 0 Å². The fraction of sp³-hybridized carbons (Fsp3) is 0.727. The highest BCUT2D eigenvalue weighted by Crippen LogP contribution is 2.10. The van der Waals surface area contributed by atoms with E-state index in [0.717, 1.165) is 20.8 Å². The third kappa shape index (κ3) is 179. The molecule has 8 heteroatoms. The van der Waals surface area contributed by atoms with Gasteiger partial charge in [-0.1, -0.05) is 13.8 Å². The number of aliphatic hydroxyl groups excluding tert-OH is 2. The van der Waals surface area contributed by atoms with E-state index in [2.05, 4.69) is 0 Å². The number of hydrogen-bond donors (Lipinski definition) is 5. The SMILES string of the molecule is CC(=O)O.CC(=O)O.CC(=O)O.CC(C)(CO)CO. The summed E-state index contributed by atoms with van der Waals surface area (Å²) in [5.41, 5.74) is -0.306. The summed E-state index contributed by atoms with van der Waals surface area (Å²) in [7, 11) is 0. The first-order valence-electron chi connectivity index (χ1n) is 5.12. The summed E-state index contributed by atoms with van der Waals surface area (Å²) in [6, 6.07) is 0. The topological polar surface area (TPSA) is 152 Å². The lowest BCUT2D eigenvalue weighted by atomic mass is 9.97. The van der Waals surface area contributed by atoms with E-state index in [1.54, 1.807) is 13.8 Å². The van der Waals surface area contributed by atoms with Gasteiger partial charge in [0, 0.05) is 26.2 Å². The van der Waals surface area contributed by atoms with Crippen molar-refractivity contribution in [1.82, 2.24) is 0 Å². The standard InChI is InChI=1S/C5H12O2.3C2H4O2/c1-5(2,3-6)4-7;3*1-2(3)4/h6-7H,3-4H2,1-2H3;3*1H3,(H,3,4). The van der Waals surface area contributed by atoms with Crippen LogP contribution in [0.3, 0.4) is 0 Å². The molecule has 0 aliphatic carbocycles. The molecular formula is C11H24O8. The van der Waals surface area contributed by atoms with Gasteiger partial charge >= 0.3 is 0 Å². The quantitative estimate of drug-likeness (QED) is 0.484. The minimum absolute atomic E-state index is 0.0451. The zero-order valence-corrected chi connectivity index (χ0v) is 11.9. The van der Waals surface area contributed by atoms with Crippen molar-refractivity contribution in [1.29, 1.82) is 0 Å². The Kier molecular flexibility index (Phi) is 22.4. The molecule has 8 nitrogen and oxygen atoms in total. The van der Waals surface area contributed by atoms with Crippen LogP contribution in [0.2, 0.25) is 0 Å². The van der Waals surface area contributed by atoms with Crippen LogP contribution in [0.1, 0.15) is 34.6 Å². The van der Waals surface area contributed by atoms with Gasteiger partial charge < -0.3 is 25.5 Å². The van der Waals surface area contributed by atoms with Crippen LogP contribution < -0.4 is 0 Å². The lowest BCUT2D eigenvalue weighted by molar-refractivity contribution is -0.135. The molecule has 0 aromatic rings. The van der Waals surface area contributed by atoms with Gasteiger partial charge in [-0.15, -0.1) is 0 Å². The summed E-state index contributed by atoms with van der Waals surface area (Å²) in [4.78, 5) is 27.0. The molecule has 0 radical (unpaired) electrons. The average molecular weight is 284 g/mol. The van der Waals surface area contributed by atoms with Crippen molar-refractivity contribution in [2.45, 2.75) is 34.6 Å². The molecule has 0 rings (SSSR count). The summed E-state index contributed by atoms with van der Waals surface area (Å²) in [5, 5.41) is 39.1. The van der Waals surface area contributed by atoms with Gasteiger partial charge in [0.1, 0.15) is 0 Å². The number of carbonyl (C=O) groups is 3. The normalized spacial score (nSPS) is 8.37. The molecule has 0 fully saturated rings. The molecule has 0 saturated heterocycles. The molecular weight excluding hydrogens is 260 g/mol. The predicted octanol–water partition coefficient (Wildman–Crippen LogP) is 0.270. The summed E-state index contributed by atoms with van der Waals surface area (Å²) in [6.07, 6.45) is 0. The molecule has 0 aromatic heterocycles. The maximum atomic E-state index is 9.00. The van der Waals surface area contributed by atoms with E-state index in [4.69, 9.17) is 39.9 Å². The Morgan fingerprint density at radius 3 is 0.842 bits per heavy atom. The molecule has 0 aliphatic heterocycles. The van der Waals surface area contributed by atoms with Gasteiger partial charge in [0.15, 0.2) is 0 Å². The van der Waals surface area contributed by atoms with E-state index in [0.29, 0.717) is 0 Å². The van der Waals surface area contributed by atoms with Crippen molar-refractivity contribution in [3.63, 3.8) is 0 Å². The van der Waals surface area contributed by atoms with E-state index in [1.165, 1.54) is 0 Å². The molecule has 116 valence electrons. The molecule has 19 heavy (non-hydrogen) atoms. The minimum Gasteiger partial charge on any atom is -0.481 e. The van der Waals surface area contributed by atoms with Crippen LogP contribution in [0.4, 0.5) is 0 Å². The van der Waals surface area contributed by atoms with Crippen LogP contribution >= 0.6 is 0 Å². The van der Waals surface area contributed by atoms with Crippen molar-refractivity contribution >= 4 is 17.9 Å². The van der Waals surface area contributed by atoms with Gasteiger partial charge in [-0.05, 0) is 0 Å². The van der Waals surface area contributed by atoms with Crippen LogP contribution in [0.5, 0.6) is 0 Å². The fourth-order valence-electron chi connectivity index (χ4n) is 0.0500. The third-order valence-corrected chi connectivity index (χ3v) is 0.856. The van der Waals surface area contributed by atoms with Gasteiger partial charge in [0.2, 0.25) is 0 Å². The largest absolute Gasteiger partial charge is 0.481 e. The lowest BCUT2D eigenvalue weighted by Crippen LogP contribution is -2.20. The maximum absolute atomic E-state index is 9.00. The molecule has 0 heterocycles. The summed E-state index contributed by atoms with van der Waals surface area (Å²) < 4.78 is 0. The number of hydrogen-bond acceptors (Lipinski definition) is 5. The zero-order valence-electron chi connectivity index (χ0n) is 11.9. The van der Waals surface area contributed by atoms with Crippen LogP contribution in [0, 0.1) is 5.41 Å². The zero-order chi connectivity index (χ0) is 16.6. The first-order valence-corrected chi connectivity index (χ1v) is 5.12. The Morgan fingerprint density at radius 1 is 0.737 bits per heavy atom. The molecule has 0 aliphatic rings. The first kappa shape index (κ1) is 26.0. The van der Waals surface area contributed by atoms with E-state index >= 15 is 0 Å². The van der Waals surface area contributed by atoms with E-state index in [1.807, 2.05) is 0 Å². The van der Waals surface area contributed by atoms with Crippen molar-refractivity contribution in [2.24, 2.45) is 5.41 Å². The highest BCUT2D eigenvalue weighted by atomic mass is 16.4. The molecule has 0 saturated carbocycles. The molecule has 0 atom stereocenters. The summed E-state index contributed by atoms with van der Waals surface area (Å²) >= 11 is 0. The van der Waals surface area contributed by atoms with Crippen LogP contribution in [-0.2, 0) is 14.4 Å². The smallest absolute Gasteiger partial charge is 0.300 e. The summed E-state index contributed by atoms with van der Waals surface area (Å²) in [6.45, 7) is 6.94. The lowest BCUT2D eigenvalue weighted by Gasteiger charge is -2.16. The number of aliphatic carboxylic acids is 3. The van der Waals surface area contributed by atoms with Gasteiger partial charge in [-0.3, -0.25) is 14.4 Å². The highest BCUT2D eigenvalue weighted by molar-refractivity contribution is 5.63. The summed E-state index contributed by atoms with van der Waals surface area (Å²) in [5.74, 6) is -2.50. The maximum Gasteiger partial charge on any atom is 0.300 e. The molecule has 0 aromatic carbocycles. The fourth-order valence-corrected chi connectivity index (χ4v) is 0.0500. The first-order chi connectivity index (χ1) is 8.32. The van der Waals surface area contributed by atoms with E-state index < -0.39 is 17.9 Å². The Hall–Kier alpha value is -1.67. The van der Waals surface area contributed by atoms with Gasteiger partial charge in [-0.2, -0.15) is 0 Å². The minimum atomic E-state index is -0.833. The third-order valence-electron chi connectivity index (χ3n) is 0.856. The molecule has 5 N–H and O–H groups in total. The van der Waals surface area contributed by atoms with E-state index in [-0.39, 0.29) is 18.6 Å². The molecule has 0 unspecified atom stereocenters. The number of aliphatic hydroxyl groups is 2. The molecule has 0 amide bonds. The van der Waals surface area contributed by atoms with Crippen molar-refractivity contribution in [2.75, 3.05) is 13.2 Å². The van der Waals surface area contributed by atoms with Gasteiger partial charge in [0.05, 0.1) is 13.2 Å². The second kappa shape index (κ2) is 16.3. The van der Waals surface area contributed by atoms with Crippen LogP contribution in [0.15, 0.2) is 0 Å². The predicted molar refractivity (Wildman–Crippen MR) is 67.9 cm³/mol. The highest BCUT2D eigenvalue weighted by Gasteiger charge is 2.13. The second-order valence-corrected chi connectivity index (χ2v) is 4.04. The Labute approximate surface area is 112 Å². The van der Waals surface area contributed by atoms with Crippen molar-refractivity contribution in [3.8, 4) is 0 Å². The Morgan fingerprint density at radius 2 is 0.842 bits per heavy atom. The Bertz CT molecular complexity index is 201. The van der Waals surface area contributed by atoms with E-state index in [9.17, 15) is 0 Å².